The first-order chi connectivity index (χ1) is 9.46. The number of hydrogen-bond acceptors (Lipinski definition) is 4. The predicted molar refractivity (Wildman–Crippen MR) is 70.2 cm³/mol. The van der Waals surface area contributed by atoms with Gasteiger partial charge in [-0.25, -0.2) is 17.2 Å². The van der Waals surface area contributed by atoms with Gasteiger partial charge in [-0.1, -0.05) is 6.92 Å². The van der Waals surface area contributed by atoms with Crippen molar-refractivity contribution in [2.75, 3.05) is 19.8 Å². The van der Waals surface area contributed by atoms with E-state index in [1.165, 1.54) is 0 Å². The Balaban J connectivity index is 2.34. The summed E-state index contributed by atoms with van der Waals surface area (Å²) in [5, 5.41) is 2.32. The first-order valence-corrected chi connectivity index (χ1v) is 8.01. The minimum atomic E-state index is -3.77. The Hall–Kier alpha value is -1.05. The lowest BCUT2D eigenvalue weighted by molar-refractivity contribution is 0.0812. The SMILES string of the molecule is CCNC1CCOCC1S(=O)(=O)c1ccc(F)c(F)c1. The topological polar surface area (TPSA) is 55.4 Å². The van der Waals surface area contributed by atoms with Gasteiger partial charge >= 0.3 is 0 Å². The zero-order chi connectivity index (χ0) is 14.8. The molecule has 0 saturated carbocycles. The van der Waals surface area contributed by atoms with Gasteiger partial charge in [0.2, 0.25) is 0 Å². The van der Waals surface area contributed by atoms with Crippen LogP contribution < -0.4 is 5.32 Å². The van der Waals surface area contributed by atoms with Crippen LogP contribution in [-0.2, 0) is 14.6 Å². The summed E-state index contributed by atoms with van der Waals surface area (Å²) in [6.45, 7) is 3.06. The lowest BCUT2D eigenvalue weighted by atomic mass is 10.1. The average molecular weight is 305 g/mol. The molecule has 1 heterocycles. The van der Waals surface area contributed by atoms with E-state index in [4.69, 9.17) is 4.74 Å². The fourth-order valence-corrected chi connectivity index (χ4v) is 4.16. The van der Waals surface area contributed by atoms with Crippen LogP contribution in [0.4, 0.5) is 8.78 Å². The standard InChI is InChI=1S/C13H17F2NO3S/c1-2-16-12-5-6-19-8-13(12)20(17,18)9-3-4-10(14)11(15)7-9/h3-4,7,12-13,16H,2,5-6,8H2,1H3. The van der Waals surface area contributed by atoms with E-state index in [0.717, 1.165) is 18.2 Å². The Morgan fingerprint density at radius 2 is 2.10 bits per heavy atom. The van der Waals surface area contributed by atoms with E-state index in [9.17, 15) is 17.2 Å². The normalized spacial score (nSPS) is 23.8. The molecule has 1 aromatic carbocycles. The maximum atomic E-state index is 13.2. The molecule has 0 spiro atoms. The third-order valence-corrected chi connectivity index (χ3v) is 5.56. The van der Waals surface area contributed by atoms with E-state index in [0.29, 0.717) is 19.6 Å². The third-order valence-electron chi connectivity index (χ3n) is 3.39. The lowest BCUT2D eigenvalue weighted by Gasteiger charge is -2.31. The van der Waals surface area contributed by atoms with Crippen LogP contribution >= 0.6 is 0 Å². The minimum absolute atomic E-state index is 0.0546. The van der Waals surface area contributed by atoms with E-state index in [2.05, 4.69) is 5.32 Å². The van der Waals surface area contributed by atoms with Crippen molar-refractivity contribution in [2.24, 2.45) is 0 Å². The molecule has 1 aromatic rings. The minimum Gasteiger partial charge on any atom is -0.380 e. The van der Waals surface area contributed by atoms with Gasteiger partial charge in [0.05, 0.1) is 11.5 Å². The van der Waals surface area contributed by atoms with Crippen LogP contribution in [0.25, 0.3) is 0 Å². The molecule has 7 heteroatoms. The van der Waals surface area contributed by atoms with Gasteiger partial charge < -0.3 is 10.1 Å². The molecule has 112 valence electrons. The van der Waals surface area contributed by atoms with Gasteiger partial charge in [0.25, 0.3) is 0 Å². The molecular formula is C13H17F2NO3S. The van der Waals surface area contributed by atoms with Crippen molar-refractivity contribution in [3.63, 3.8) is 0 Å². The zero-order valence-electron chi connectivity index (χ0n) is 11.1. The van der Waals surface area contributed by atoms with Crippen molar-refractivity contribution in [3.05, 3.63) is 29.8 Å². The molecule has 1 aliphatic rings. The maximum absolute atomic E-state index is 13.2. The highest BCUT2D eigenvalue weighted by Gasteiger charge is 2.37. The van der Waals surface area contributed by atoms with Crippen molar-refractivity contribution in [2.45, 2.75) is 29.5 Å². The summed E-state index contributed by atoms with van der Waals surface area (Å²) >= 11 is 0. The number of benzene rings is 1. The molecular weight excluding hydrogens is 288 g/mol. The third kappa shape index (κ3) is 2.99. The summed E-state index contributed by atoms with van der Waals surface area (Å²) < 4.78 is 56.4. The number of nitrogens with one attached hydrogen (secondary N) is 1. The van der Waals surface area contributed by atoms with E-state index in [1.54, 1.807) is 0 Å². The van der Waals surface area contributed by atoms with Gasteiger partial charge in [0.15, 0.2) is 21.5 Å². The van der Waals surface area contributed by atoms with Crippen LogP contribution in [0.2, 0.25) is 0 Å². The molecule has 20 heavy (non-hydrogen) atoms. The van der Waals surface area contributed by atoms with E-state index in [1.807, 2.05) is 6.92 Å². The van der Waals surface area contributed by atoms with Crippen LogP contribution in [0.15, 0.2) is 23.1 Å². The fraction of sp³-hybridized carbons (Fsp3) is 0.538. The summed E-state index contributed by atoms with van der Waals surface area (Å²) in [7, 11) is -3.77. The first-order valence-electron chi connectivity index (χ1n) is 6.47. The highest BCUT2D eigenvalue weighted by atomic mass is 32.2. The molecule has 1 N–H and O–H groups in total. The summed E-state index contributed by atoms with van der Waals surface area (Å²) in [6, 6.07) is 2.40. The largest absolute Gasteiger partial charge is 0.380 e. The first kappa shape index (κ1) is 15.3. The van der Waals surface area contributed by atoms with Crippen LogP contribution in [0.3, 0.4) is 0 Å². The second-order valence-electron chi connectivity index (χ2n) is 4.69. The van der Waals surface area contributed by atoms with Crippen molar-refractivity contribution in [1.82, 2.24) is 5.32 Å². The van der Waals surface area contributed by atoms with Gasteiger partial charge in [0, 0.05) is 12.6 Å². The Labute approximate surface area is 117 Å². The quantitative estimate of drug-likeness (QED) is 0.857. The van der Waals surface area contributed by atoms with Crippen molar-refractivity contribution in [3.8, 4) is 0 Å². The Bertz CT molecular complexity index is 575. The zero-order valence-corrected chi connectivity index (χ0v) is 11.9. The molecule has 0 aromatic heterocycles. The molecule has 4 nitrogen and oxygen atoms in total. The van der Waals surface area contributed by atoms with E-state index >= 15 is 0 Å². The molecule has 2 atom stereocenters. The number of halogens is 2. The predicted octanol–water partition coefficient (Wildman–Crippen LogP) is 1.51. The van der Waals surface area contributed by atoms with Crippen LogP contribution in [0, 0.1) is 11.6 Å². The Morgan fingerprint density at radius 3 is 2.75 bits per heavy atom. The fourth-order valence-electron chi connectivity index (χ4n) is 2.34. The summed E-state index contributed by atoms with van der Waals surface area (Å²) in [4.78, 5) is -0.213. The molecule has 2 unspecified atom stereocenters. The smallest absolute Gasteiger partial charge is 0.185 e. The van der Waals surface area contributed by atoms with Crippen LogP contribution in [0.5, 0.6) is 0 Å². The summed E-state index contributed by atoms with van der Waals surface area (Å²) in [6.07, 6.45) is 0.571. The van der Waals surface area contributed by atoms with E-state index in [-0.39, 0.29) is 17.5 Å². The van der Waals surface area contributed by atoms with Crippen LogP contribution in [-0.4, -0.2) is 39.5 Å². The van der Waals surface area contributed by atoms with Gasteiger partial charge in [-0.2, -0.15) is 0 Å². The van der Waals surface area contributed by atoms with Gasteiger partial charge in [-0.15, -0.1) is 0 Å². The highest BCUT2D eigenvalue weighted by Crippen LogP contribution is 2.24. The van der Waals surface area contributed by atoms with Gasteiger partial charge in [-0.05, 0) is 31.2 Å². The average Bonchev–Trinajstić information content (AvgIpc) is 2.42. The molecule has 0 radical (unpaired) electrons. The molecule has 1 saturated heterocycles. The van der Waals surface area contributed by atoms with Crippen molar-refractivity contribution < 1.29 is 21.9 Å². The van der Waals surface area contributed by atoms with Crippen molar-refractivity contribution >= 4 is 9.84 Å². The molecule has 1 aliphatic heterocycles. The van der Waals surface area contributed by atoms with E-state index < -0.39 is 26.7 Å². The second kappa shape index (κ2) is 6.15. The second-order valence-corrected chi connectivity index (χ2v) is 6.85. The molecule has 0 bridgehead atoms. The highest BCUT2D eigenvalue weighted by molar-refractivity contribution is 7.92. The molecule has 0 amide bonds. The number of ether oxygens (including phenoxy) is 1. The number of rotatable bonds is 4. The number of hydrogen-bond donors (Lipinski definition) is 1. The Morgan fingerprint density at radius 1 is 1.35 bits per heavy atom. The summed E-state index contributed by atoms with van der Waals surface area (Å²) in [5.41, 5.74) is 0. The van der Waals surface area contributed by atoms with Crippen LogP contribution in [0.1, 0.15) is 13.3 Å². The monoisotopic (exact) mass is 305 g/mol. The summed E-state index contributed by atoms with van der Waals surface area (Å²) in [5.74, 6) is -2.23. The molecule has 0 aliphatic carbocycles. The van der Waals surface area contributed by atoms with Gasteiger partial charge in [0.1, 0.15) is 5.25 Å². The number of sulfone groups is 1. The van der Waals surface area contributed by atoms with Gasteiger partial charge in [-0.3, -0.25) is 0 Å². The van der Waals surface area contributed by atoms with Crippen molar-refractivity contribution in [1.29, 1.82) is 0 Å². The Kier molecular flexibility index (Phi) is 4.72. The maximum Gasteiger partial charge on any atom is 0.185 e. The molecule has 1 fully saturated rings. The molecule has 2 rings (SSSR count). The lowest BCUT2D eigenvalue weighted by Crippen LogP contribution is -2.50.